The Hall–Kier alpha value is -3.74. The van der Waals surface area contributed by atoms with Crippen molar-refractivity contribution in [3.05, 3.63) is 65.7 Å². The van der Waals surface area contributed by atoms with Crippen LogP contribution < -0.4 is 14.5 Å². The van der Waals surface area contributed by atoms with Gasteiger partial charge in [0, 0.05) is 24.7 Å². The molecule has 2 heterocycles. The van der Waals surface area contributed by atoms with Crippen LogP contribution in [-0.4, -0.2) is 30.2 Å². The summed E-state index contributed by atoms with van der Waals surface area (Å²) in [5, 5.41) is 0. The van der Waals surface area contributed by atoms with Crippen molar-refractivity contribution in [2.45, 2.75) is 33.6 Å². The molecule has 5 rings (SSSR count). The van der Waals surface area contributed by atoms with Gasteiger partial charge in [0.1, 0.15) is 5.75 Å². The molecule has 2 fully saturated rings. The van der Waals surface area contributed by atoms with Crippen LogP contribution >= 0.6 is 0 Å². The average molecular weight is 473 g/mol. The van der Waals surface area contributed by atoms with E-state index in [9.17, 15) is 19.2 Å². The molecule has 180 valence electrons. The Morgan fingerprint density at radius 3 is 2.43 bits per heavy atom. The van der Waals surface area contributed by atoms with Crippen molar-refractivity contribution in [3.8, 4) is 5.75 Å². The van der Waals surface area contributed by atoms with E-state index in [2.05, 4.69) is 0 Å². The fraction of sp³-hybridized carbons (Fsp3) is 0.357. The lowest BCUT2D eigenvalue weighted by molar-refractivity contribution is -0.139. The van der Waals surface area contributed by atoms with Gasteiger partial charge in [0.05, 0.1) is 23.4 Å². The minimum atomic E-state index is -0.602. The van der Waals surface area contributed by atoms with E-state index >= 15 is 0 Å². The van der Waals surface area contributed by atoms with Crippen molar-refractivity contribution in [1.82, 2.24) is 0 Å². The third-order valence-corrected chi connectivity index (χ3v) is 7.33. The topological polar surface area (TPSA) is 84.0 Å². The number of rotatable bonds is 4. The molecule has 0 aromatic heterocycles. The first kappa shape index (κ1) is 23.0. The summed E-state index contributed by atoms with van der Waals surface area (Å²) in [4.78, 5) is 54.7. The molecule has 2 aliphatic heterocycles. The number of amides is 3. The molecular formula is C28H28N2O5. The van der Waals surface area contributed by atoms with E-state index < -0.39 is 11.9 Å². The number of anilines is 2. The summed E-state index contributed by atoms with van der Waals surface area (Å²) in [6, 6.07) is 12.3. The average Bonchev–Trinajstić information content (AvgIpc) is 3.32. The smallest absolute Gasteiger partial charge is 0.316 e. The first-order valence-electron chi connectivity index (χ1n) is 12.0. The molecule has 2 aromatic rings. The van der Waals surface area contributed by atoms with E-state index in [1.54, 1.807) is 29.2 Å². The fourth-order valence-corrected chi connectivity index (χ4v) is 5.60. The molecule has 3 amide bonds. The van der Waals surface area contributed by atoms with Crippen LogP contribution in [0.4, 0.5) is 11.4 Å². The summed E-state index contributed by atoms with van der Waals surface area (Å²) < 4.78 is 5.62. The third-order valence-electron chi connectivity index (χ3n) is 7.33. The Morgan fingerprint density at radius 2 is 1.71 bits per heavy atom. The Labute approximate surface area is 204 Å². The van der Waals surface area contributed by atoms with Crippen molar-refractivity contribution in [3.63, 3.8) is 0 Å². The first-order valence-corrected chi connectivity index (χ1v) is 12.0. The van der Waals surface area contributed by atoms with Crippen molar-refractivity contribution < 1.29 is 23.9 Å². The Balaban J connectivity index is 1.32. The van der Waals surface area contributed by atoms with Gasteiger partial charge >= 0.3 is 5.97 Å². The van der Waals surface area contributed by atoms with E-state index in [4.69, 9.17) is 4.74 Å². The van der Waals surface area contributed by atoms with Crippen molar-refractivity contribution >= 4 is 35.1 Å². The minimum absolute atomic E-state index is 0.00375. The van der Waals surface area contributed by atoms with Crippen LogP contribution in [0, 0.1) is 37.5 Å². The Kier molecular flexibility index (Phi) is 5.79. The number of imide groups is 1. The second-order valence-corrected chi connectivity index (χ2v) is 9.73. The molecule has 2 aromatic carbocycles. The zero-order valence-electron chi connectivity index (χ0n) is 20.1. The number of para-hydroxylation sites is 1. The van der Waals surface area contributed by atoms with Gasteiger partial charge in [0.2, 0.25) is 17.7 Å². The monoisotopic (exact) mass is 472 g/mol. The van der Waals surface area contributed by atoms with Crippen molar-refractivity contribution in [2.24, 2.45) is 23.7 Å². The molecule has 1 aliphatic carbocycles. The summed E-state index contributed by atoms with van der Waals surface area (Å²) in [6.07, 6.45) is 4.57. The highest BCUT2D eigenvalue weighted by atomic mass is 16.5. The highest BCUT2D eigenvalue weighted by molar-refractivity contribution is 6.22. The molecule has 7 heteroatoms. The quantitative estimate of drug-likeness (QED) is 0.291. The van der Waals surface area contributed by atoms with E-state index in [0.29, 0.717) is 12.1 Å². The number of nitrogens with zero attached hydrogens (tertiary/aromatic N) is 2. The summed E-state index contributed by atoms with van der Waals surface area (Å²) in [7, 11) is 0. The van der Waals surface area contributed by atoms with E-state index in [1.165, 1.54) is 4.90 Å². The van der Waals surface area contributed by atoms with Gasteiger partial charge in [0.15, 0.2) is 0 Å². The molecule has 0 saturated carbocycles. The van der Waals surface area contributed by atoms with Gasteiger partial charge in [-0.15, -0.1) is 0 Å². The fourth-order valence-electron chi connectivity index (χ4n) is 5.60. The summed E-state index contributed by atoms with van der Waals surface area (Å²) >= 11 is 0. The van der Waals surface area contributed by atoms with Crippen LogP contribution in [0.1, 0.15) is 30.9 Å². The molecule has 2 saturated heterocycles. The number of fused-ring (bicyclic) bond motifs is 1. The number of esters is 1. The van der Waals surface area contributed by atoms with Gasteiger partial charge in [-0.3, -0.25) is 19.2 Å². The van der Waals surface area contributed by atoms with Crippen LogP contribution in [0.3, 0.4) is 0 Å². The number of carbonyl (C=O) groups excluding carboxylic acids is 4. The predicted molar refractivity (Wildman–Crippen MR) is 131 cm³/mol. The molecule has 3 aliphatic rings. The molecule has 0 bridgehead atoms. The lowest BCUT2D eigenvalue weighted by atomic mass is 9.78. The zero-order valence-corrected chi connectivity index (χ0v) is 20.1. The molecule has 0 radical (unpaired) electrons. The highest BCUT2D eigenvalue weighted by Gasteiger charge is 2.50. The maximum Gasteiger partial charge on any atom is 0.316 e. The normalized spacial score (nSPS) is 25.9. The first-order chi connectivity index (χ1) is 16.8. The molecule has 0 unspecified atom stereocenters. The minimum Gasteiger partial charge on any atom is -0.426 e. The number of allylic oxidation sites excluding steroid dienone is 2. The Morgan fingerprint density at radius 1 is 1.00 bits per heavy atom. The molecule has 7 nitrogen and oxygen atoms in total. The predicted octanol–water partition coefficient (Wildman–Crippen LogP) is 3.96. The number of carbonyl (C=O) groups is 4. The maximum atomic E-state index is 13.1. The molecule has 4 atom stereocenters. The number of benzene rings is 2. The van der Waals surface area contributed by atoms with Gasteiger partial charge in [-0.25, -0.2) is 4.90 Å². The number of aryl methyl sites for hydroxylation is 2. The van der Waals surface area contributed by atoms with Crippen LogP contribution in [0.15, 0.2) is 54.6 Å². The van der Waals surface area contributed by atoms with Crippen LogP contribution in [0.5, 0.6) is 5.75 Å². The standard InChI is InChI=1S/C28H28N2O5/c1-16-7-5-12-22-24(16)27(33)30(26(22)32)20-10-6-11-21(14-20)35-28(34)19-13-23(31)29(15-19)25-17(2)8-4-9-18(25)3/h4-11,14,16,19,22,24H,12-13,15H2,1-3H3/t16-,19-,22-,24-/m1/s1. The van der Waals surface area contributed by atoms with Crippen molar-refractivity contribution in [1.29, 1.82) is 0 Å². The second-order valence-electron chi connectivity index (χ2n) is 9.73. The highest BCUT2D eigenvalue weighted by Crippen LogP contribution is 2.41. The van der Waals surface area contributed by atoms with Gasteiger partial charge in [-0.1, -0.05) is 43.3 Å². The number of hydrogen-bond donors (Lipinski definition) is 0. The molecule has 0 N–H and O–H groups in total. The second kappa shape index (κ2) is 8.80. The van der Waals surface area contributed by atoms with Crippen LogP contribution in [-0.2, 0) is 19.2 Å². The number of ether oxygens (including phenoxy) is 1. The van der Waals surface area contributed by atoms with Crippen LogP contribution in [0.2, 0.25) is 0 Å². The zero-order chi connectivity index (χ0) is 24.9. The molecule has 0 spiro atoms. The van der Waals surface area contributed by atoms with Crippen LogP contribution in [0.25, 0.3) is 0 Å². The van der Waals surface area contributed by atoms with Gasteiger partial charge in [-0.05, 0) is 49.4 Å². The summed E-state index contributed by atoms with van der Waals surface area (Å²) in [5.41, 5.74) is 3.19. The van der Waals surface area contributed by atoms with Gasteiger partial charge in [0.25, 0.3) is 0 Å². The largest absolute Gasteiger partial charge is 0.426 e. The Bertz CT molecular complexity index is 1250. The summed E-state index contributed by atoms with van der Waals surface area (Å²) in [6.45, 7) is 6.09. The molecular weight excluding hydrogens is 444 g/mol. The lowest BCUT2D eigenvalue weighted by Gasteiger charge is -2.22. The molecule has 35 heavy (non-hydrogen) atoms. The van der Waals surface area contributed by atoms with Crippen molar-refractivity contribution in [2.75, 3.05) is 16.3 Å². The lowest BCUT2D eigenvalue weighted by Crippen LogP contribution is -2.31. The SMILES string of the molecule is Cc1cccc(C)c1N1C[C@H](C(=O)Oc2cccc(N3C(=O)[C@@H]4[C@H](C)C=CC[C@H]4C3=O)c2)CC1=O. The van der Waals surface area contributed by atoms with Gasteiger partial charge in [-0.2, -0.15) is 0 Å². The maximum absolute atomic E-state index is 13.1. The van der Waals surface area contributed by atoms with E-state index in [-0.39, 0.29) is 54.2 Å². The van der Waals surface area contributed by atoms with E-state index in [1.807, 2.05) is 51.1 Å². The summed E-state index contributed by atoms with van der Waals surface area (Å²) in [5.74, 6) is -2.13. The van der Waals surface area contributed by atoms with Gasteiger partial charge < -0.3 is 9.64 Å². The number of hydrogen-bond acceptors (Lipinski definition) is 5. The third kappa shape index (κ3) is 3.95. The van der Waals surface area contributed by atoms with E-state index in [0.717, 1.165) is 16.8 Å².